The summed E-state index contributed by atoms with van der Waals surface area (Å²) in [7, 11) is 0. The molecule has 3 fully saturated rings. The maximum atomic E-state index is 12.5. The van der Waals surface area contributed by atoms with Gasteiger partial charge in [-0.3, -0.25) is 4.79 Å². The summed E-state index contributed by atoms with van der Waals surface area (Å²) in [5, 5.41) is 3.35. The molecule has 22 heavy (non-hydrogen) atoms. The van der Waals surface area contributed by atoms with Crippen LogP contribution in [0.25, 0.3) is 0 Å². The third-order valence-corrected chi connectivity index (χ3v) is 5.75. The molecule has 3 rings (SSSR count). The Morgan fingerprint density at radius 2 is 1.68 bits per heavy atom. The molecule has 3 aliphatic rings. The normalized spacial score (nSPS) is 34.6. The summed E-state index contributed by atoms with van der Waals surface area (Å²) >= 11 is 0. The summed E-state index contributed by atoms with van der Waals surface area (Å²) in [6, 6.07) is 0. The van der Waals surface area contributed by atoms with Crippen LogP contribution in [-0.2, 0) is 9.53 Å². The molecule has 2 heterocycles. The van der Waals surface area contributed by atoms with Crippen molar-refractivity contribution in [2.45, 2.75) is 70.5 Å². The molecule has 4 heteroatoms. The van der Waals surface area contributed by atoms with Gasteiger partial charge in [0.05, 0.1) is 18.1 Å². The van der Waals surface area contributed by atoms with E-state index < -0.39 is 0 Å². The Morgan fingerprint density at radius 1 is 1.00 bits per heavy atom. The lowest BCUT2D eigenvalue weighted by molar-refractivity contribution is -0.140. The van der Waals surface area contributed by atoms with Gasteiger partial charge in [0.1, 0.15) is 0 Å². The maximum absolute atomic E-state index is 12.5. The first kappa shape index (κ1) is 16.3. The molecular weight excluding hydrogens is 276 g/mol. The van der Waals surface area contributed by atoms with Crippen LogP contribution in [0.3, 0.4) is 0 Å². The van der Waals surface area contributed by atoms with Crippen molar-refractivity contribution in [1.29, 1.82) is 0 Å². The average molecular weight is 308 g/mol. The van der Waals surface area contributed by atoms with Crippen LogP contribution in [0.4, 0.5) is 0 Å². The number of nitrogens with zero attached hydrogens (tertiary/aromatic N) is 1. The fraction of sp³-hybridized carbons (Fsp3) is 0.944. The minimum atomic E-state index is 0.214. The summed E-state index contributed by atoms with van der Waals surface area (Å²) in [5.74, 6) is 1.46. The van der Waals surface area contributed by atoms with Crippen LogP contribution in [0, 0.1) is 11.8 Å². The van der Waals surface area contributed by atoms with Gasteiger partial charge in [-0.25, -0.2) is 0 Å². The van der Waals surface area contributed by atoms with E-state index in [0.717, 1.165) is 57.8 Å². The highest BCUT2D eigenvalue weighted by molar-refractivity contribution is 5.79. The van der Waals surface area contributed by atoms with Gasteiger partial charge in [-0.15, -0.1) is 0 Å². The molecule has 1 aliphatic carbocycles. The molecule has 0 aromatic rings. The number of ether oxygens (including phenoxy) is 1. The Kier molecular flexibility index (Phi) is 5.75. The highest BCUT2D eigenvalue weighted by atomic mass is 16.5. The highest BCUT2D eigenvalue weighted by Crippen LogP contribution is 2.28. The van der Waals surface area contributed by atoms with Crippen molar-refractivity contribution < 1.29 is 9.53 Å². The summed E-state index contributed by atoms with van der Waals surface area (Å²) in [6.45, 7) is 6.07. The number of likely N-dealkylation sites (tertiary alicyclic amines) is 1. The molecule has 1 N–H and O–H groups in total. The summed E-state index contributed by atoms with van der Waals surface area (Å²) in [4.78, 5) is 14.6. The summed E-state index contributed by atoms with van der Waals surface area (Å²) < 4.78 is 6.30. The Morgan fingerprint density at radius 3 is 2.32 bits per heavy atom. The second-order valence-corrected chi connectivity index (χ2v) is 7.59. The SMILES string of the molecule is CC1CCC(OC2CCN(C(=O)C3CCCNC3)CC2)CC1. The van der Waals surface area contributed by atoms with Gasteiger partial charge < -0.3 is 15.0 Å². The van der Waals surface area contributed by atoms with Gasteiger partial charge in [-0.1, -0.05) is 6.92 Å². The van der Waals surface area contributed by atoms with E-state index in [1.54, 1.807) is 0 Å². The number of hydrogen-bond donors (Lipinski definition) is 1. The average Bonchev–Trinajstić information content (AvgIpc) is 2.58. The molecule has 0 radical (unpaired) electrons. The van der Waals surface area contributed by atoms with Gasteiger partial charge in [0.15, 0.2) is 0 Å². The fourth-order valence-electron chi connectivity index (χ4n) is 4.17. The molecule has 0 bridgehead atoms. The van der Waals surface area contributed by atoms with Gasteiger partial charge >= 0.3 is 0 Å². The number of carbonyl (C=O) groups excluding carboxylic acids is 1. The molecular formula is C18H32N2O2. The third-order valence-electron chi connectivity index (χ3n) is 5.75. The van der Waals surface area contributed by atoms with Crippen molar-refractivity contribution in [2.24, 2.45) is 11.8 Å². The first-order valence-corrected chi connectivity index (χ1v) is 9.37. The van der Waals surface area contributed by atoms with Crippen LogP contribution in [-0.4, -0.2) is 49.2 Å². The number of amides is 1. The van der Waals surface area contributed by atoms with Crippen molar-refractivity contribution in [3.8, 4) is 0 Å². The van der Waals surface area contributed by atoms with Crippen molar-refractivity contribution in [3.05, 3.63) is 0 Å². The van der Waals surface area contributed by atoms with Gasteiger partial charge in [-0.05, 0) is 63.8 Å². The number of nitrogens with one attached hydrogen (secondary N) is 1. The molecule has 0 spiro atoms. The molecule has 1 atom stereocenters. The number of hydrogen-bond acceptors (Lipinski definition) is 3. The van der Waals surface area contributed by atoms with E-state index in [-0.39, 0.29) is 5.92 Å². The van der Waals surface area contributed by atoms with Crippen LogP contribution >= 0.6 is 0 Å². The maximum Gasteiger partial charge on any atom is 0.226 e. The lowest BCUT2D eigenvalue weighted by Crippen LogP contribution is -2.47. The van der Waals surface area contributed by atoms with Gasteiger partial charge in [0.25, 0.3) is 0 Å². The second kappa shape index (κ2) is 7.78. The summed E-state index contributed by atoms with van der Waals surface area (Å²) in [5.41, 5.74) is 0. The van der Waals surface area contributed by atoms with E-state index in [1.807, 2.05) is 0 Å². The Labute approximate surface area is 135 Å². The van der Waals surface area contributed by atoms with Crippen LogP contribution in [0.1, 0.15) is 58.3 Å². The predicted octanol–water partition coefficient (Wildman–Crippen LogP) is 2.57. The molecule has 126 valence electrons. The van der Waals surface area contributed by atoms with E-state index in [2.05, 4.69) is 17.1 Å². The predicted molar refractivity (Wildman–Crippen MR) is 87.7 cm³/mol. The standard InChI is InChI=1S/C18H32N2O2/c1-14-4-6-16(7-5-14)22-17-8-11-20(12-9-17)18(21)15-3-2-10-19-13-15/h14-17,19H,2-13H2,1H3. The first-order chi connectivity index (χ1) is 10.7. The molecule has 0 aromatic heterocycles. The van der Waals surface area contributed by atoms with E-state index in [0.29, 0.717) is 18.1 Å². The zero-order chi connectivity index (χ0) is 15.4. The Balaban J connectivity index is 1.39. The largest absolute Gasteiger partial charge is 0.375 e. The van der Waals surface area contributed by atoms with Crippen molar-refractivity contribution >= 4 is 5.91 Å². The van der Waals surface area contributed by atoms with Crippen molar-refractivity contribution in [3.63, 3.8) is 0 Å². The molecule has 2 saturated heterocycles. The van der Waals surface area contributed by atoms with Crippen molar-refractivity contribution in [2.75, 3.05) is 26.2 Å². The van der Waals surface area contributed by atoms with E-state index >= 15 is 0 Å². The lowest BCUT2D eigenvalue weighted by Gasteiger charge is -2.37. The highest BCUT2D eigenvalue weighted by Gasteiger charge is 2.30. The molecule has 1 saturated carbocycles. The second-order valence-electron chi connectivity index (χ2n) is 7.59. The van der Waals surface area contributed by atoms with E-state index in [4.69, 9.17) is 4.74 Å². The topological polar surface area (TPSA) is 41.6 Å². The van der Waals surface area contributed by atoms with Gasteiger partial charge in [0.2, 0.25) is 5.91 Å². The van der Waals surface area contributed by atoms with E-state index in [9.17, 15) is 4.79 Å². The Hall–Kier alpha value is -0.610. The minimum Gasteiger partial charge on any atom is -0.375 e. The zero-order valence-corrected chi connectivity index (χ0v) is 14.1. The van der Waals surface area contributed by atoms with E-state index in [1.165, 1.54) is 25.7 Å². The summed E-state index contributed by atoms with van der Waals surface area (Å²) in [6.07, 6.45) is 10.2. The molecule has 2 aliphatic heterocycles. The first-order valence-electron chi connectivity index (χ1n) is 9.37. The van der Waals surface area contributed by atoms with Crippen LogP contribution in [0.5, 0.6) is 0 Å². The fourth-order valence-corrected chi connectivity index (χ4v) is 4.17. The molecule has 4 nitrogen and oxygen atoms in total. The molecule has 0 aromatic carbocycles. The molecule has 1 amide bonds. The van der Waals surface area contributed by atoms with Crippen LogP contribution < -0.4 is 5.32 Å². The third kappa shape index (κ3) is 4.23. The minimum absolute atomic E-state index is 0.214. The number of carbonyl (C=O) groups is 1. The number of piperidine rings is 2. The van der Waals surface area contributed by atoms with Crippen molar-refractivity contribution in [1.82, 2.24) is 10.2 Å². The van der Waals surface area contributed by atoms with Crippen LogP contribution in [0.2, 0.25) is 0 Å². The Bertz CT molecular complexity index is 352. The van der Waals surface area contributed by atoms with Crippen LogP contribution in [0.15, 0.2) is 0 Å². The lowest BCUT2D eigenvalue weighted by atomic mass is 9.88. The number of rotatable bonds is 3. The monoisotopic (exact) mass is 308 g/mol. The quantitative estimate of drug-likeness (QED) is 0.871. The zero-order valence-electron chi connectivity index (χ0n) is 14.1. The van der Waals surface area contributed by atoms with Gasteiger partial charge in [0, 0.05) is 19.6 Å². The van der Waals surface area contributed by atoms with Gasteiger partial charge in [-0.2, -0.15) is 0 Å². The smallest absolute Gasteiger partial charge is 0.226 e. The molecule has 1 unspecified atom stereocenters.